The van der Waals surface area contributed by atoms with Crippen molar-refractivity contribution in [3.8, 4) is 0 Å². The fourth-order valence-corrected chi connectivity index (χ4v) is 3.34. The summed E-state index contributed by atoms with van der Waals surface area (Å²) in [5.41, 5.74) is 1.38. The van der Waals surface area contributed by atoms with Crippen molar-refractivity contribution in [3.63, 3.8) is 0 Å². The molecular formula is C10H10S3. The maximum Gasteiger partial charge on any atom is 0.0580 e. The third-order valence-corrected chi connectivity index (χ3v) is 4.32. The SMILES string of the molecule is CSc1ccc2sc(S)cc2c1C. The van der Waals surface area contributed by atoms with E-state index in [1.54, 1.807) is 23.1 Å². The quantitative estimate of drug-likeness (QED) is 0.561. The lowest BCUT2D eigenvalue weighted by Crippen LogP contribution is -1.77. The van der Waals surface area contributed by atoms with Crippen LogP contribution in [0.15, 0.2) is 27.3 Å². The van der Waals surface area contributed by atoms with E-state index in [1.807, 2.05) is 0 Å². The highest BCUT2D eigenvalue weighted by molar-refractivity contribution is 7.98. The Kier molecular flexibility index (Phi) is 2.58. The van der Waals surface area contributed by atoms with E-state index in [4.69, 9.17) is 0 Å². The molecule has 0 N–H and O–H groups in total. The average molecular weight is 226 g/mol. The highest BCUT2D eigenvalue weighted by Crippen LogP contribution is 2.34. The van der Waals surface area contributed by atoms with Crippen molar-refractivity contribution in [2.75, 3.05) is 6.26 Å². The largest absolute Gasteiger partial charge is 0.133 e. The maximum atomic E-state index is 4.37. The number of fused-ring (bicyclic) bond motifs is 1. The second kappa shape index (κ2) is 3.56. The number of benzene rings is 1. The molecule has 1 aromatic heterocycles. The van der Waals surface area contributed by atoms with Crippen LogP contribution in [0.3, 0.4) is 0 Å². The molecule has 0 aliphatic carbocycles. The zero-order chi connectivity index (χ0) is 9.42. The Morgan fingerprint density at radius 1 is 1.38 bits per heavy atom. The van der Waals surface area contributed by atoms with Gasteiger partial charge in [0, 0.05) is 9.60 Å². The second-order valence-corrected chi connectivity index (χ2v) is 5.61. The standard InChI is InChI=1S/C10H10S3/c1-6-7-5-10(11)13-9(7)4-3-8(6)12-2/h3-5,11H,1-2H3. The van der Waals surface area contributed by atoms with Gasteiger partial charge in [-0.1, -0.05) is 0 Å². The fraction of sp³-hybridized carbons (Fsp3) is 0.200. The molecule has 2 rings (SSSR count). The van der Waals surface area contributed by atoms with Crippen molar-refractivity contribution in [2.45, 2.75) is 16.0 Å². The molecule has 0 fully saturated rings. The highest BCUT2D eigenvalue weighted by Gasteiger charge is 2.05. The van der Waals surface area contributed by atoms with E-state index < -0.39 is 0 Å². The van der Waals surface area contributed by atoms with Crippen LogP contribution in [0.4, 0.5) is 0 Å². The van der Waals surface area contributed by atoms with E-state index in [-0.39, 0.29) is 0 Å². The Hall–Kier alpha value is -0.120. The lowest BCUT2D eigenvalue weighted by atomic mass is 10.1. The minimum absolute atomic E-state index is 1.09. The molecule has 0 unspecified atom stereocenters. The van der Waals surface area contributed by atoms with Gasteiger partial charge < -0.3 is 0 Å². The fourth-order valence-electron chi connectivity index (χ4n) is 1.44. The number of hydrogen-bond donors (Lipinski definition) is 1. The molecule has 0 amide bonds. The first-order valence-electron chi connectivity index (χ1n) is 3.98. The molecule has 0 spiro atoms. The van der Waals surface area contributed by atoms with Crippen LogP contribution < -0.4 is 0 Å². The normalized spacial score (nSPS) is 11.0. The van der Waals surface area contributed by atoms with E-state index in [2.05, 4.69) is 44.0 Å². The van der Waals surface area contributed by atoms with Gasteiger partial charge in [-0.05, 0) is 42.3 Å². The summed E-state index contributed by atoms with van der Waals surface area (Å²) in [4.78, 5) is 1.36. The summed E-state index contributed by atoms with van der Waals surface area (Å²) in [6.45, 7) is 2.17. The van der Waals surface area contributed by atoms with Gasteiger partial charge in [0.2, 0.25) is 0 Å². The Labute approximate surface area is 91.8 Å². The highest BCUT2D eigenvalue weighted by atomic mass is 32.2. The minimum Gasteiger partial charge on any atom is -0.133 e. The summed E-state index contributed by atoms with van der Waals surface area (Å²) in [5.74, 6) is 0. The van der Waals surface area contributed by atoms with Gasteiger partial charge in [0.05, 0.1) is 4.21 Å². The number of thioether (sulfide) groups is 1. The first kappa shape index (κ1) is 9.44. The van der Waals surface area contributed by atoms with Gasteiger partial charge >= 0.3 is 0 Å². The number of aryl methyl sites for hydroxylation is 1. The summed E-state index contributed by atoms with van der Waals surface area (Å²) in [5, 5.41) is 1.35. The summed E-state index contributed by atoms with van der Waals surface area (Å²) in [6, 6.07) is 6.52. The average Bonchev–Trinajstić information content (AvgIpc) is 2.47. The van der Waals surface area contributed by atoms with Gasteiger partial charge in [0.15, 0.2) is 0 Å². The van der Waals surface area contributed by atoms with Crippen molar-refractivity contribution in [1.29, 1.82) is 0 Å². The predicted octanol–water partition coefficient (Wildman–Crippen LogP) is 4.22. The minimum atomic E-state index is 1.09. The third kappa shape index (κ3) is 1.60. The topological polar surface area (TPSA) is 0 Å². The molecule has 0 atom stereocenters. The number of hydrogen-bond acceptors (Lipinski definition) is 3. The van der Waals surface area contributed by atoms with E-state index >= 15 is 0 Å². The first-order chi connectivity index (χ1) is 6.22. The smallest absolute Gasteiger partial charge is 0.0580 e. The van der Waals surface area contributed by atoms with Crippen molar-refractivity contribution < 1.29 is 0 Å². The molecule has 2 aromatic rings. The van der Waals surface area contributed by atoms with Gasteiger partial charge in [0.1, 0.15) is 0 Å². The van der Waals surface area contributed by atoms with Crippen LogP contribution in [-0.2, 0) is 0 Å². The monoisotopic (exact) mass is 226 g/mol. The summed E-state index contributed by atoms with van der Waals surface area (Å²) >= 11 is 7.90. The first-order valence-corrected chi connectivity index (χ1v) is 6.47. The predicted molar refractivity (Wildman–Crippen MR) is 65.6 cm³/mol. The van der Waals surface area contributed by atoms with E-state index in [1.165, 1.54) is 20.5 Å². The van der Waals surface area contributed by atoms with E-state index in [0.29, 0.717) is 0 Å². The van der Waals surface area contributed by atoms with E-state index in [0.717, 1.165) is 4.21 Å². The van der Waals surface area contributed by atoms with Crippen molar-refractivity contribution in [2.24, 2.45) is 0 Å². The maximum absolute atomic E-state index is 4.37. The van der Waals surface area contributed by atoms with Gasteiger partial charge in [0.25, 0.3) is 0 Å². The Morgan fingerprint density at radius 2 is 2.15 bits per heavy atom. The van der Waals surface area contributed by atoms with Crippen molar-refractivity contribution in [3.05, 3.63) is 23.8 Å². The molecule has 0 radical (unpaired) electrons. The number of thiophene rings is 1. The molecule has 3 heteroatoms. The molecule has 13 heavy (non-hydrogen) atoms. The van der Waals surface area contributed by atoms with E-state index in [9.17, 15) is 0 Å². The number of thiol groups is 1. The molecule has 0 saturated heterocycles. The van der Waals surface area contributed by atoms with Gasteiger partial charge in [-0.15, -0.1) is 35.7 Å². The molecule has 1 aromatic carbocycles. The van der Waals surface area contributed by atoms with Gasteiger partial charge in [-0.2, -0.15) is 0 Å². The van der Waals surface area contributed by atoms with Crippen LogP contribution in [0.1, 0.15) is 5.56 Å². The molecule has 0 aliphatic heterocycles. The third-order valence-electron chi connectivity index (χ3n) is 2.13. The van der Waals surface area contributed by atoms with Crippen LogP contribution in [0.2, 0.25) is 0 Å². The van der Waals surface area contributed by atoms with Crippen LogP contribution in [0.25, 0.3) is 10.1 Å². The number of rotatable bonds is 1. The lowest BCUT2D eigenvalue weighted by molar-refractivity contribution is 1.35. The molecule has 68 valence electrons. The summed E-state index contributed by atoms with van der Waals surface area (Å²) in [7, 11) is 0. The van der Waals surface area contributed by atoms with Gasteiger partial charge in [-0.25, -0.2) is 0 Å². The molecule has 0 bridgehead atoms. The van der Waals surface area contributed by atoms with Crippen LogP contribution in [0.5, 0.6) is 0 Å². The van der Waals surface area contributed by atoms with Crippen LogP contribution in [0, 0.1) is 6.92 Å². The van der Waals surface area contributed by atoms with Crippen molar-refractivity contribution >= 4 is 45.8 Å². The van der Waals surface area contributed by atoms with Gasteiger partial charge in [-0.3, -0.25) is 0 Å². The molecule has 0 nitrogen and oxygen atoms in total. The summed E-state index contributed by atoms with van der Waals surface area (Å²) in [6.07, 6.45) is 2.11. The second-order valence-electron chi connectivity index (χ2n) is 2.89. The molecule has 0 saturated carbocycles. The Morgan fingerprint density at radius 3 is 2.85 bits per heavy atom. The zero-order valence-corrected chi connectivity index (χ0v) is 10.0. The van der Waals surface area contributed by atoms with Crippen LogP contribution in [-0.4, -0.2) is 6.26 Å². The lowest BCUT2D eigenvalue weighted by Gasteiger charge is -2.02. The molecule has 1 heterocycles. The van der Waals surface area contributed by atoms with Crippen LogP contribution >= 0.6 is 35.7 Å². The van der Waals surface area contributed by atoms with Crippen molar-refractivity contribution in [1.82, 2.24) is 0 Å². The Balaban J connectivity index is 2.78. The molecular weight excluding hydrogens is 216 g/mol. The summed E-state index contributed by atoms with van der Waals surface area (Å²) < 4.78 is 2.43. The molecule has 0 aliphatic rings. The zero-order valence-electron chi connectivity index (χ0n) is 7.50. The Bertz CT molecular complexity index is 443.